The van der Waals surface area contributed by atoms with Crippen molar-refractivity contribution >= 4 is 40.3 Å². The first-order chi connectivity index (χ1) is 13.4. The minimum Gasteiger partial charge on any atom is -0.354 e. The molecule has 4 rings (SSSR count). The third kappa shape index (κ3) is 3.62. The summed E-state index contributed by atoms with van der Waals surface area (Å²) in [6, 6.07) is 4.90. The molecule has 0 spiro atoms. The zero-order valence-electron chi connectivity index (χ0n) is 15.7. The highest BCUT2D eigenvalue weighted by Gasteiger charge is 2.21. The van der Waals surface area contributed by atoms with Gasteiger partial charge in [0, 0.05) is 16.6 Å². The Hall–Kier alpha value is -2.09. The van der Waals surface area contributed by atoms with E-state index >= 15 is 0 Å². The molecule has 2 atom stereocenters. The van der Waals surface area contributed by atoms with Crippen LogP contribution in [0.25, 0.3) is 11.2 Å². The van der Waals surface area contributed by atoms with Gasteiger partial charge in [-0.25, -0.2) is 9.78 Å². The molecule has 28 heavy (non-hydrogen) atoms. The molecule has 3 heterocycles. The Kier molecular flexibility index (Phi) is 5.31. The molecular weight excluding hydrogens is 399 g/mol. The van der Waals surface area contributed by atoms with Gasteiger partial charge >= 0.3 is 5.69 Å². The number of benzene rings is 1. The fourth-order valence-corrected chi connectivity index (χ4v) is 4.13. The largest absolute Gasteiger partial charge is 0.354 e. The summed E-state index contributed by atoms with van der Waals surface area (Å²) in [5, 5.41) is 7.79. The van der Waals surface area contributed by atoms with Crippen molar-refractivity contribution in [1.29, 1.82) is 0 Å². The molecule has 7 nitrogen and oxygen atoms in total. The molecule has 1 saturated heterocycles. The molecule has 1 fully saturated rings. The molecule has 1 aromatic carbocycles. The van der Waals surface area contributed by atoms with Crippen molar-refractivity contribution in [1.82, 2.24) is 24.8 Å². The Labute approximate surface area is 172 Å². The predicted octanol–water partition coefficient (Wildman–Crippen LogP) is 3.37. The van der Waals surface area contributed by atoms with Crippen LogP contribution < -0.4 is 16.3 Å². The van der Waals surface area contributed by atoms with E-state index in [-0.39, 0.29) is 11.7 Å². The number of aryl methyl sites for hydroxylation is 1. The molecule has 0 saturated carbocycles. The van der Waals surface area contributed by atoms with E-state index in [1.807, 2.05) is 13.8 Å². The van der Waals surface area contributed by atoms with Crippen LogP contribution in [0.3, 0.4) is 0 Å². The van der Waals surface area contributed by atoms with E-state index in [1.165, 1.54) is 0 Å². The molecule has 3 N–H and O–H groups in total. The van der Waals surface area contributed by atoms with E-state index < -0.39 is 0 Å². The number of nitrogens with zero attached hydrogens (tertiary/aromatic N) is 3. The number of H-pyrrole nitrogens is 1. The molecule has 0 aliphatic carbocycles. The summed E-state index contributed by atoms with van der Waals surface area (Å²) in [5.41, 5.74) is 2.40. The molecule has 1 aliphatic rings. The first-order valence-electron chi connectivity index (χ1n) is 9.32. The Morgan fingerprint density at radius 3 is 2.93 bits per heavy atom. The predicted molar refractivity (Wildman–Crippen MR) is 113 cm³/mol. The smallest absolute Gasteiger partial charge is 0.328 e. The van der Waals surface area contributed by atoms with Crippen LogP contribution in [0.2, 0.25) is 10.0 Å². The third-order valence-corrected chi connectivity index (χ3v) is 5.84. The normalized spacial score (nSPS) is 17.9. The van der Waals surface area contributed by atoms with E-state index in [1.54, 1.807) is 22.8 Å². The second kappa shape index (κ2) is 7.73. The summed E-state index contributed by atoms with van der Waals surface area (Å²) in [6.45, 7) is 6.60. The lowest BCUT2D eigenvalue weighted by Gasteiger charge is -2.16. The highest BCUT2D eigenvalue weighted by Crippen LogP contribution is 2.30. The summed E-state index contributed by atoms with van der Waals surface area (Å²) in [6.07, 6.45) is 1.13. The molecule has 1 unspecified atom stereocenters. The van der Waals surface area contributed by atoms with E-state index in [0.29, 0.717) is 33.1 Å². The van der Waals surface area contributed by atoms with Gasteiger partial charge in [-0.05, 0) is 63.0 Å². The van der Waals surface area contributed by atoms with Gasteiger partial charge in [-0.15, -0.1) is 0 Å². The van der Waals surface area contributed by atoms with Gasteiger partial charge in [0.1, 0.15) is 5.52 Å². The van der Waals surface area contributed by atoms with Crippen molar-refractivity contribution in [2.45, 2.75) is 26.3 Å². The minimum atomic E-state index is -0.339. The molecule has 0 bridgehead atoms. The van der Waals surface area contributed by atoms with Gasteiger partial charge in [0.05, 0.1) is 11.7 Å². The second-order valence-electron chi connectivity index (χ2n) is 7.21. The van der Waals surface area contributed by atoms with Crippen LogP contribution in [-0.2, 0) is 0 Å². The maximum Gasteiger partial charge on any atom is 0.328 e. The quantitative estimate of drug-likeness (QED) is 0.588. The van der Waals surface area contributed by atoms with Crippen molar-refractivity contribution in [2.24, 2.45) is 5.92 Å². The number of nitrogens with one attached hydrogen (secondary N) is 3. The molecule has 0 amide bonds. The van der Waals surface area contributed by atoms with Crippen LogP contribution in [0.1, 0.15) is 30.6 Å². The Bertz CT molecular complexity index is 1070. The lowest BCUT2D eigenvalue weighted by Crippen LogP contribution is -2.22. The first kappa shape index (κ1) is 19.2. The van der Waals surface area contributed by atoms with Crippen molar-refractivity contribution in [3.8, 4) is 0 Å². The second-order valence-corrected chi connectivity index (χ2v) is 8.06. The van der Waals surface area contributed by atoms with E-state index in [0.717, 1.165) is 37.3 Å². The summed E-state index contributed by atoms with van der Waals surface area (Å²) in [5.74, 6) is 1.08. The van der Waals surface area contributed by atoms with E-state index in [2.05, 4.69) is 25.6 Å². The topological polar surface area (TPSA) is 87.6 Å². The number of aromatic amines is 1. The Balaban J connectivity index is 1.74. The number of anilines is 1. The van der Waals surface area contributed by atoms with Gasteiger partial charge in [-0.3, -0.25) is 4.57 Å². The summed E-state index contributed by atoms with van der Waals surface area (Å²) in [4.78, 5) is 24.7. The average molecular weight is 421 g/mol. The Morgan fingerprint density at radius 1 is 1.36 bits per heavy atom. The minimum absolute atomic E-state index is 0.256. The van der Waals surface area contributed by atoms with Gasteiger partial charge in [0.15, 0.2) is 5.65 Å². The molecule has 9 heteroatoms. The summed E-state index contributed by atoms with van der Waals surface area (Å²) < 4.78 is 1.60. The molecule has 148 valence electrons. The highest BCUT2D eigenvalue weighted by molar-refractivity contribution is 6.33. The van der Waals surface area contributed by atoms with Crippen LogP contribution in [0, 0.1) is 12.8 Å². The zero-order chi connectivity index (χ0) is 19.8. The maximum absolute atomic E-state index is 12.7. The average Bonchev–Trinajstić information content (AvgIpc) is 3.29. The van der Waals surface area contributed by atoms with Gasteiger partial charge in [0.25, 0.3) is 0 Å². The van der Waals surface area contributed by atoms with E-state index in [4.69, 9.17) is 23.2 Å². The molecule has 2 aromatic heterocycles. The van der Waals surface area contributed by atoms with Crippen molar-refractivity contribution in [3.63, 3.8) is 0 Å². The lowest BCUT2D eigenvalue weighted by atomic mass is 10.1. The van der Waals surface area contributed by atoms with Gasteiger partial charge < -0.3 is 15.6 Å². The zero-order valence-corrected chi connectivity index (χ0v) is 17.2. The van der Waals surface area contributed by atoms with Gasteiger partial charge in [-0.1, -0.05) is 23.2 Å². The third-order valence-electron chi connectivity index (χ3n) is 5.26. The maximum atomic E-state index is 12.7. The molecule has 3 aromatic rings. The summed E-state index contributed by atoms with van der Waals surface area (Å²) in [7, 11) is 0. The fourth-order valence-electron chi connectivity index (χ4n) is 3.68. The molecule has 0 radical (unpaired) electrons. The molecule has 1 aliphatic heterocycles. The number of hydrogen-bond acceptors (Lipinski definition) is 5. The molecular formula is C19H22Cl2N6O. The first-order valence-corrected chi connectivity index (χ1v) is 10.1. The standard InChI is InChI=1S/C19H22Cl2N6O/c1-10-16-17(26-18(24-10)23-9-12-5-6-22-8-12)27(19(28)25-16)11(2)14-7-13(20)3-4-15(14)21/h3-4,7,11-12,22H,5-6,8-9H2,1-2H3,(H,25,28)(H,23,24,26)/t11?,12-/m1/s1. The van der Waals surface area contributed by atoms with Gasteiger partial charge in [0.2, 0.25) is 5.95 Å². The number of halogens is 2. The van der Waals surface area contributed by atoms with Crippen molar-refractivity contribution < 1.29 is 0 Å². The number of rotatable bonds is 5. The number of hydrogen-bond donors (Lipinski definition) is 3. The van der Waals surface area contributed by atoms with Crippen LogP contribution in [0.5, 0.6) is 0 Å². The summed E-state index contributed by atoms with van der Waals surface area (Å²) >= 11 is 12.5. The number of imidazole rings is 1. The fraction of sp³-hybridized carbons (Fsp3) is 0.421. The Morgan fingerprint density at radius 2 is 2.18 bits per heavy atom. The van der Waals surface area contributed by atoms with E-state index in [9.17, 15) is 4.79 Å². The van der Waals surface area contributed by atoms with Crippen LogP contribution >= 0.6 is 23.2 Å². The SMILES string of the molecule is Cc1nc(NC[C@@H]2CCNC2)nc2c1[nH]c(=O)n2C(C)c1cc(Cl)ccc1Cl. The van der Waals surface area contributed by atoms with Crippen LogP contribution in [0.4, 0.5) is 5.95 Å². The number of aromatic nitrogens is 4. The lowest BCUT2D eigenvalue weighted by molar-refractivity contribution is 0.611. The number of fused-ring (bicyclic) bond motifs is 1. The van der Waals surface area contributed by atoms with Gasteiger partial charge in [-0.2, -0.15) is 4.98 Å². The van der Waals surface area contributed by atoms with Crippen molar-refractivity contribution in [3.05, 3.63) is 50.0 Å². The highest BCUT2D eigenvalue weighted by atomic mass is 35.5. The van der Waals surface area contributed by atoms with Crippen LogP contribution in [0.15, 0.2) is 23.0 Å². The van der Waals surface area contributed by atoms with Crippen molar-refractivity contribution in [2.75, 3.05) is 25.0 Å². The van der Waals surface area contributed by atoms with Crippen LogP contribution in [-0.4, -0.2) is 39.2 Å². The monoisotopic (exact) mass is 420 g/mol.